The van der Waals surface area contributed by atoms with Crippen molar-refractivity contribution >= 4 is 18.4 Å². The van der Waals surface area contributed by atoms with Gasteiger partial charge in [-0.25, -0.2) is 0 Å². The Hall–Kier alpha value is -1.03. The van der Waals surface area contributed by atoms with Crippen LogP contribution in [-0.4, -0.2) is 23.3 Å². The molecule has 1 aromatic heterocycles. The van der Waals surface area contributed by atoms with Crippen molar-refractivity contribution in [2.75, 3.05) is 7.11 Å². The Balaban J connectivity index is 0.00000121. The smallest absolute Gasteiger partial charge is 0.311 e. The van der Waals surface area contributed by atoms with Crippen molar-refractivity contribution < 1.29 is 9.53 Å². The number of aromatic amines is 1. The molecule has 5 heteroatoms. The van der Waals surface area contributed by atoms with Crippen LogP contribution in [0.2, 0.25) is 0 Å². The summed E-state index contributed by atoms with van der Waals surface area (Å²) in [4.78, 5) is 10.8. The first-order valence-corrected chi connectivity index (χ1v) is 3.30. The van der Waals surface area contributed by atoms with E-state index in [2.05, 4.69) is 14.9 Å². The Morgan fingerprint density at radius 3 is 2.83 bits per heavy atom. The molecule has 0 atom stereocenters. The fourth-order valence-corrected chi connectivity index (χ4v) is 0.766. The van der Waals surface area contributed by atoms with Crippen LogP contribution in [-0.2, 0) is 16.0 Å². The lowest BCUT2D eigenvalue weighted by Crippen LogP contribution is -2.05. The number of rotatable bonds is 2. The molecule has 0 saturated carbocycles. The summed E-state index contributed by atoms with van der Waals surface area (Å²) < 4.78 is 4.49. The Bertz CT molecular complexity index is 260. The quantitative estimate of drug-likeness (QED) is 0.704. The van der Waals surface area contributed by atoms with E-state index in [1.165, 1.54) is 7.11 Å². The monoisotopic (exact) mass is 190 g/mol. The van der Waals surface area contributed by atoms with Crippen LogP contribution in [0.4, 0.5) is 0 Å². The van der Waals surface area contributed by atoms with Crippen molar-refractivity contribution in [3.05, 3.63) is 17.5 Å². The van der Waals surface area contributed by atoms with Crippen molar-refractivity contribution in [3.8, 4) is 0 Å². The van der Waals surface area contributed by atoms with Crippen LogP contribution in [0.1, 0.15) is 11.3 Å². The highest BCUT2D eigenvalue weighted by Crippen LogP contribution is 2.02. The van der Waals surface area contributed by atoms with Crippen LogP contribution in [0, 0.1) is 6.92 Å². The zero-order valence-corrected chi connectivity index (χ0v) is 7.77. The number of H-pyrrole nitrogens is 1. The van der Waals surface area contributed by atoms with Gasteiger partial charge in [-0.1, -0.05) is 0 Å². The van der Waals surface area contributed by atoms with Crippen LogP contribution in [0.25, 0.3) is 0 Å². The van der Waals surface area contributed by atoms with Gasteiger partial charge in [0.15, 0.2) is 0 Å². The number of ether oxygens (including phenoxy) is 1. The molecule has 0 aliphatic carbocycles. The molecule has 0 aliphatic heterocycles. The summed E-state index contributed by atoms with van der Waals surface area (Å²) >= 11 is 0. The summed E-state index contributed by atoms with van der Waals surface area (Å²) in [5.41, 5.74) is 1.73. The molecule has 0 bridgehead atoms. The molecule has 0 saturated heterocycles. The van der Waals surface area contributed by atoms with Gasteiger partial charge in [-0.15, -0.1) is 12.4 Å². The Labute approximate surface area is 76.7 Å². The van der Waals surface area contributed by atoms with Gasteiger partial charge in [0.1, 0.15) is 0 Å². The maximum atomic E-state index is 10.8. The highest BCUT2D eigenvalue weighted by atomic mass is 35.5. The third kappa shape index (κ3) is 2.54. The predicted octanol–water partition coefficient (Wildman–Crippen LogP) is 0.855. The largest absolute Gasteiger partial charge is 0.469 e. The third-order valence-electron chi connectivity index (χ3n) is 1.48. The Morgan fingerprint density at radius 2 is 2.42 bits per heavy atom. The molecule has 0 spiro atoms. The van der Waals surface area contributed by atoms with Crippen LogP contribution in [0.5, 0.6) is 0 Å². The van der Waals surface area contributed by atoms with E-state index in [0.717, 1.165) is 11.3 Å². The van der Waals surface area contributed by atoms with Crippen molar-refractivity contribution in [2.45, 2.75) is 13.3 Å². The Morgan fingerprint density at radius 1 is 1.75 bits per heavy atom. The van der Waals surface area contributed by atoms with Crippen LogP contribution in [0.15, 0.2) is 6.20 Å². The maximum Gasteiger partial charge on any atom is 0.311 e. The number of methoxy groups -OCH3 is 1. The second kappa shape index (κ2) is 4.77. The lowest BCUT2D eigenvalue weighted by molar-refractivity contribution is -0.139. The van der Waals surface area contributed by atoms with Gasteiger partial charge in [0, 0.05) is 6.20 Å². The Kier molecular flexibility index (Phi) is 4.36. The molecule has 4 nitrogen and oxygen atoms in total. The van der Waals surface area contributed by atoms with E-state index in [-0.39, 0.29) is 24.8 Å². The van der Waals surface area contributed by atoms with E-state index in [1.807, 2.05) is 6.92 Å². The average Bonchev–Trinajstić information content (AvgIpc) is 2.37. The highest BCUT2D eigenvalue weighted by Gasteiger charge is 2.06. The summed E-state index contributed by atoms with van der Waals surface area (Å²) in [6, 6.07) is 0. The normalized spacial score (nSPS) is 8.83. The first kappa shape index (κ1) is 11.0. The fraction of sp³-hybridized carbons (Fsp3) is 0.429. The number of hydrogen-bond acceptors (Lipinski definition) is 3. The van der Waals surface area contributed by atoms with E-state index >= 15 is 0 Å². The molecule has 0 aromatic carbocycles. The first-order chi connectivity index (χ1) is 5.24. The van der Waals surface area contributed by atoms with Gasteiger partial charge in [-0.05, 0) is 12.5 Å². The van der Waals surface area contributed by atoms with E-state index < -0.39 is 0 Å². The van der Waals surface area contributed by atoms with Gasteiger partial charge in [0.25, 0.3) is 0 Å². The topological polar surface area (TPSA) is 55.0 Å². The van der Waals surface area contributed by atoms with Gasteiger partial charge in [0.2, 0.25) is 0 Å². The maximum absolute atomic E-state index is 10.8. The van der Waals surface area contributed by atoms with Gasteiger partial charge in [-0.3, -0.25) is 9.89 Å². The lowest BCUT2D eigenvalue weighted by Gasteiger charge is -1.95. The number of halogens is 1. The van der Waals surface area contributed by atoms with Gasteiger partial charge < -0.3 is 4.74 Å². The zero-order chi connectivity index (χ0) is 8.27. The average molecular weight is 191 g/mol. The van der Waals surface area contributed by atoms with Gasteiger partial charge in [-0.2, -0.15) is 5.10 Å². The van der Waals surface area contributed by atoms with Gasteiger partial charge >= 0.3 is 5.97 Å². The molecule has 1 N–H and O–H groups in total. The molecular formula is C7H11ClN2O2. The zero-order valence-electron chi connectivity index (χ0n) is 6.96. The van der Waals surface area contributed by atoms with Crippen LogP contribution < -0.4 is 0 Å². The van der Waals surface area contributed by atoms with Crippen LogP contribution >= 0.6 is 12.4 Å². The van der Waals surface area contributed by atoms with E-state index in [9.17, 15) is 4.79 Å². The molecule has 12 heavy (non-hydrogen) atoms. The summed E-state index contributed by atoms with van der Waals surface area (Å²) in [5, 5.41) is 6.55. The van der Waals surface area contributed by atoms with Crippen molar-refractivity contribution in [2.24, 2.45) is 0 Å². The minimum absolute atomic E-state index is 0. The summed E-state index contributed by atoms with van der Waals surface area (Å²) in [6.07, 6.45) is 1.99. The number of carbonyl (C=O) groups excluding carboxylic acids is 1. The summed E-state index contributed by atoms with van der Waals surface area (Å²) in [5.74, 6) is -0.264. The SMILES string of the molecule is COC(=O)Cc1n[nH]cc1C.Cl. The molecule has 0 amide bonds. The highest BCUT2D eigenvalue weighted by molar-refractivity contribution is 5.85. The molecule has 0 unspecified atom stereocenters. The molecule has 0 fully saturated rings. The predicted molar refractivity (Wildman–Crippen MR) is 46.3 cm³/mol. The number of aromatic nitrogens is 2. The number of nitrogens with one attached hydrogen (secondary N) is 1. The van der Waals surface area contributed by atoms with E-state index in [1.54, 1.807) is 6.20 Å². The minimum atomic E-state index is -0.264. The molecule has 1 heterocycles. The number of aryl methyl sites for hydroxylation is 1. The summed E-state index contributed by atoms with van der Waals surface area (Å²) in [7, 11) is 1.37. The molecule has 68 valence electrons. The van der Waals surface area contributed by atoms with Crippen molar-refractivity contribution in [1.29, 1.82) is 0 Å². The molecule has 0 aliphatic rings. The number of hydrogen-bond donors (Lipinski definition) is 1. The molecule has 0 radical (unpaired) electrons. The van der Waals surface area contributed by atoms with Crippen molar-refractivity contribution in [1.82, 2.24) is 10.2 Å². The summed E-state index contributed by atoms with van der Waals surface area (Å²) in [6.45, 7) is 1.89. The minimum Gasteiger partial charge on any atom is -0.469 e. The molecule has 1 rings (SSSR count). The molecule has 1 aromatic rings. The van der Waals surface area contributed by atoms with Gasteiger partial charge in [0.05, 0.1) is 19.2 Å². The standard InChI is InChI=1S/C7H10N2O2.ClH/c1-5-4-8-9-6(5)3-7(10)11-2;/h4H,3H2,1-2H3,(H,8,9);1H. The van der Waals surface area contributed by atoms with E-state index in [0.29, 0.717) is 0 Å². The number of carbonyl (C=O) groups is 1. The lowest BCUT2D eigenvalue weighted by atomic mass is 10.2. The second-order valence-electron chi connectivity index (χ2n) is 2.27. The van der Waals surface area contributed by atoms with Crippen LogP contribution in [0.3, 0.4) is 0 Å². The number of esters is 1. The number of nitrogens with zero attached hydrogens (tertiary/aromatic N) is 1. The first-order valence-electron chi connectivity index (χ1n) is 3.30. The molecular weight excluding hydrogens is 180 g/mol. The fourth-order valence-electron chi connectivity index (χ4n) is 0.766. The third-order valence-corrected chi connectivity index (χ3v) is 1.48. The van der Waals surface area contributed by atoms with Crippen molar-refractivity contribution in [3.63, 3.8) is 0 Å². The second-order valence-corrected chi connectivity index (χ2v) is 2.27. The van der Waals surface area contributed by atoms with E-state index in [4.69, 9.17) is 0 Å².